The van der Waals surface area contributed by atoms with Crippen LogP contribution in [0.1, 0.15) is 19.3 Å². The maximum atomic E-state index is 5.92. The summed E-state index contributed by atoms with van der Waals surface area (Å²) in [6, 6.07) is 2.68. The fourth-order valence-corrected chi connectivity index (χ4v) is 3.55. The Morgan fingerprint density at radius 1 is 1.33 bits per heavy atom. The Morgan fingerprint density at radius 2 is 2.22 bits per heavy atom. The Bertz CT molecular complexity index is 425. The summed E-state index contributed by atoms with van der Waals surface area (Å²) in [6.07, 6.45) is 5.72. The third kappa shape index (κ3) is 2.31. The molecule has 0 radical (unpaired) electrons. The molecule has 2 unspecified atom stereocenters. The van der Waals surface area contributed by atoms with Gasteiger partial charge in [0.15, 0.2) is 5.15 Å². The Morgan fingerprint density at radius 3 is 3.06 bits per heavy atom. The molecule has 3 heterocycles. The fourth-order valence-electron chi connectivity index (χ4n) is 3.39. The highest BCUT2D eigenvalue weighted by Crippen LogP contribution is 2.31. The third-order valence-corrected chi connectivity index (χ3v) is 4.51. The van der Waals surface area contributed by atoms with Crippen molar-refractivity contribution in [3.05, 3.63) is 17.4 Å². The van der Waals surface area contributed by atoms with Crippen LogP contribution in [-0.2, 0) is 0 Å². The lowest BCUT2D eigenvalue weighted by Crippen LogP contribution is -2.52. The van der Waals surface area contributed by atoms with E-state index in [9.17, 15) is 0 Å². The van der Waals surface area contributed by atoms with Crippen molar-refractivity contribution in [2.24, 2.45) is 5.92 Å². The van der Waals surface area contributed by atoms with Crippen molar-refractivity contribution >= 4 is 17.3 Å². The van der Waals surface area contributed by atoms with E-state index in [2.05, 4.69) is 27.0 Å². The first-order valence-corrected chi connectivity index (χ1v) is 7.05. The second-order valence-corrected chi connectivity index (χ2v) is 5.81. The molecule has 98 valence electrons. The number of hydrogen-bond acceptors (Lipinski definition) is 4. The van der Waals surface area contributed by atoms with Gasteiger partial charge in [-0.25, -0.2) is 0 Å². The van der Waals surface area contributed by atoms with Crippen LogP contribution < -0.4 is 4.90 Å². The second kappa shape index (κ2) is 5.02. The summed E-state index contributed by atoms with van der Waals surface area (Å²) in [5.41, 5.74) is 1.11. The van der Waals surface area contributed by atoms with Crippen molar-refractivity contribution in [1.29, 1.82) is 0 Å². The predicted octanol–water partition coefficient (Wildman–Crippen LogP) is 2.05. The standard InChI is InChI=1S/C13H19ClN4/c1-17-5-2-3-10-9-18(6-4-12(10)17)11-7-13(14)16-15-8-11/h7-8,10,12H,2-6,9H2,1H3. The van der Waals surface area contributed by atoms with E-state index in [1.54, 1.807) is 0 Å². The van der Waals surface area contributed by atoms with Crippen molar-refractivity contribution < 1.29 is 0 Å². The molecule has 0 saturated carbocycles. The number of anilines is 1. The first kappa shape index (κ1) is 12.2. The molecule has 0 bridgehead atoms. The zero-order valence-corrected chi connectivity index (χ0v) is 11.5. The number of aromatic nitrogens is 2. The highest BCUT2D eigenvalue weighted by Gasteiger charge is 2.34. The largest absolute Gasteiger partial charge is 0.370 e. The molecule has 4 nitrogen and oxygen atoms in total. The maximum Gasteiger partial charge on any atom is 0.153 e. The molecule has 2 saturated heterocycles. The molecule has 0 spiro atoms. The second-order valence-electron chi connectivity index (χ2n) is 5.42. The van der Waals surface area contributed by atoms with Gasteiger partial charge < -0.3 is 9.80 Å². The van der Waals surface area contributed by atoms with Crippen LogP contribution in [0.3, 0.4) is 0 Å². The first-order chi connectivity index (χ1) is 8.74. The van der Waals surface area contributed by atoms with Crippen molar-refractivity contribution in [3.8, 4) is 0 Å². The lowest BCUT2D eigenvalue weighted by molar-refractivity contribution is 0.102. The van der Waals surface area contributed by atoms with Crippen LogP contribution in [-0.4, -0.2) is 47.8 Å². The predicted molar refractivity (Wildman–Crippen MR) is 73.0 cm³/mol. The Hall–Kier alpha value is -0.870. The lowest BCUT2D eigenvalue weighted by Gasteiger charge is -2.46. The number of halogens is 1. The molecule has 0 amide bonds. The van der Waals surface area contributed by atoms with Gasteiger partial charge in [0, 0.05) is 25.2 Å². The van der Waals surface area contributed by atoms with E-state index in [4.69, 9.17) is 11.6 Å². The quantitative estimate of drug-likeness (QED) is 0.779. The van der Waals surface area contributed by atoms with Crippen molar-refractivity contribution in [1.82, 2.24) is 15.1 Å². The van der Waals surface area contributed by atoms with E-state index in [1.165, 1.54) is 25.8 Å². The monoisotopic (exact) mass is 266 g/mol. The van der Waals surface area contributed by atoms with Gasteiger partial charge in [0.2, 0.25) is 0 Å². The van der Waals surface area contributed by atoms with Crippen LogP contribution in [0, 0.1) is 5.92 Å². The molecule has 5 heteroatoms. The number of nitrogens with zero attached hydrogens (tertiary/aromatic N) is 4. The van der Waals surface area contributed by atoms with Crippen molar-refractivity contribution in [2.75, 3.05) is 31.6 Å². The molecule has 1 aromatic rings. The molecular weight excluding hydrogens is 248 g/mol. The molecule has 2 atom stereocenters. The summed E-state index contributed by atoms with van der Waals surface area (Å²) in [7, 11) is 2.26. The van der Waals surface area contributed by atoms with Gasteiger partial charge >= 0.3 is 0 Å². The number of fused-ring (bicyclic) bond motifs is 1. The molecule has 1 aromatic heterocycles. The van der Waals surface area contributed by atoms with E-state index < -0.39 is 0 Å². The number of rotatable bonds is 1. The van der Waals surface area contributed by atoms with Crippen molar-refractivity contribution in [2.45, 2.75) is 25.3 Å². The highest BCUT2D eigenvalue weighted by molar-refractivity contribution is 6.29. The minimum Gasteiger partial charge on any atom is -0.370 e. The van der Waals surface area contributed by atoms with Gasteiger partial charge in [0.1, 0.15) is 0 Å². The molecule has 18 heavy (non-hydrogen) atoms. The summed E-state index contributed by atoms with van der Waals surface area (Å²) in [5.74, 6) is 0.782. The van der Waals surface area contributed by atoms with Gasteiger partial charge in [-0.3, -0.25) is 0 Å². The van der Waals surface area contributed by atoms with Crippen LogP contribution in [0.15, 0.2) is 12.3 Å². The van der Waals surface area contributed by atoms with Crippen LogP contribution in [0.25, 0.3) is 0 Å². The Labute approximate surface area is 113 Å². The summed E-state index contributed by atoms with van der Waals surface area (Å²) in [5, 5.41) is 8.23. The SMILES string of the molecule is CN1CCCC2CN(c3cnnc(Cl)c3)CCC21. The van der Waals surface area contributed by atoms with Crippen LogP contribution in [0.4, 0.5) is 5.69 Å². The maximum absolute atomic E-state index is 5.92. The van der Waals surface area contributed by atoms with E-state index in [1.807, 2.05) is 12.3 Å². The minimum atomic E-state index is 0.482. The summed E-state index contributed by atoms with van der Waals surface area (Å²) in [4.78, 5) is 4.93. The minimum absolute atomic E-state index is 0.482. The number of hydrogen-bond donors (Lipinski definition) is 0. The van der Waals surface area contributed by atoms with Gasteiger partial charge in [-0.15, -0.1) is 5.10 Å². The third-order valence-electron chi connectivity index (χ3n) is 4.32. The van der Waals surface area contributed by atoms with E-state index >= 15 is 0 Å². The molecule has 0 aliphatic carbocycles. The molecule has 3 rings (SSSR count). The average molecular weight is 267 g/mol. The van der Waals surface area contributed by atoms with E-state index in [0.717, 1.165) is 30.7 Å². The number of likely N-dealkylation sites (tertiary alicyclic amines) is 1. The summed E-state index contributed by atoms with van der Waals surface area (Å²) < 4.78 is 0. The molecule has 2 aliphatic heterocycles. The molecule has 2 aliphatic rings. The average Bonchev–Trinajstić information content (AvgIpc) is 2.39. The summed E-state index contributed by atoms with van der Waals surface area (Å²) in [6.45, 7) is 3.47. The van der Waals surface area contributed by atoms with Crippen molar-refractivity contribution in [3.63, 3.8) is 0 Å². The topological polar surface area (TPSA) is 32.3 Å². The van der Waals surface area contributed by atoms with Gasteiger partial charge in [-0.2, -0.15) is 5.10 Å². The first-order valence-electron chi connectivity index (χ1n) is 6.67. The smallest absolute Gasteiger partial charge is 0.153 e. The lowest BCUT2D eigenvalue weighted by atomic mass is 9.84. The van der Waals surface area contributed by atoms with Crippen LogP contribution in [0.5, 0.6) is 0 Å². The fraction of sp³-hybridized carbons (Fsp3) is 0.692. The highest BCUT2D eigenvalue weighted by atomic mass is 35.5. The number of piperidine rings is 2. The Kier molecular flexibility index (Phi) is 3.39. The molecule has 2 fully saturated rings. The van der Waals surface area contributed by atoms with E-state index in [0.29, 0.717) is 5.15 Å². The zero-order valence-electron chi connectivity index (χ0n) is 10.7. The zero-order chi connectivity index (χ0) is 12.5. The van der Waals surface area contributed by atoms with Gasteiger partial charge in [-0.05, 0) is 38.8 Å². The molecular formula is C13H19ClN4. The summed E-state index contributed by atoms with van der Waals surface area (Å²) >= 11 is 5.92. The van der Waals surface area contributed by atoms with Gasteiger partial charge in [0.25, 0.3) is 0 Å². The van der Waals surface area contributed by atoms with Crippen LogP contribution >= 0.6 is 11.6 Å². The Balaban J connectivity index is 1.74. The van der Waals surface area contributed by atoms with Gasteiger partial charge in [0.05, 0.1) is 11.9 Å². The van der Waals surface area contributed by atoms with E-state index in [-0.39, 0.29) is 0 Å². The molecule has 0 N–H and O–H groups in total. The van der Waals surface area contributed by atoms with Crippen LogP contribution in [0.2, 0.25) is 5.15 Å². The van der Waals surface area contributed by atoms with Gasteiger partial charge in [-0.1, -0.05) is 11.6 Å². The normalized spacial score (nSPS) is 29.1. The molecule has 0 aromatic carbocycles.